The first-order valence-corrected chi connectivity index (χ1v) is 22.1. The highest BCUT2D eigenvalue weighted by Crippen LogP contribution is 2.36. The number of aromatic amines is 1. The highest BCUT2D eigenvalue weighted by Gasteiger charge is 2.42. The number of likely N-dealkylation sites (tertiary alicyclic amines) is 2. The third-order valence-electron chi connectivity index (χ3n) is 12.9. The van der Waals surface area contributed by atoms with Gasteiger partial charge in [0.2, 0.25) is 11.2 Å². The number of aromatic nitrogens is 1. The van der Waals surface area contributed by atoms with Crippen molar-refractivity contribution >= 4 is 22.8 Å². The van der Waals surface area contributed by atoms with Crippen LogP contribution in [-0.4, -0.2) is 88.4 Å². The summed E-state index contributed by atoms with van der Waals surface area (Å²) in [7, 11) is 1.56. The van der Waals surface area contributed by atoms with Crippen LogP contribution in [0.25, 0.3) is 10.9 Å². The van der Waals surface area contributed by atoms with Gasteiger partial charge in [0.05, 0.1) is 25.3 Å². The minimum absolute atomic E-state index is 0.0733. The van der Waals surface area contributed by atoms with Crippen LogP contribution in [0.4, 0.5) is 0 Å². The fraction of sp³-hybridized carbons (Fsp3) is 0.327. The topological polar surface area (TPSA) is 165 Å². The van der Waals surface area contributed by atoms with Crippen molar-refractivity contribution in [2.45, 2.75) is 56.4 Å². The lowest BCUT2D eigenvalue weighted by molar-refractivity contribution is -0.164. The largest absolute Gasteiger partial charge is 0.506 e. The zero-order chi connectivity index (χ0) is 44.6. The van der Waals surface area contributed by atoms with Gasteiger partial charge in [0.25, 0.3) is 5.91 Å². The number of hydrogen-bond acceptors (Lipinski definition) is 10. The molecule has 0 bridgehead atoms. The Balaban J connectivity index is 0.867. The van der Waals surface area contributed by atoms with Crippen molar-refractivity contribution in [1.82, 2.24) is 20.1 Å². The minimum Gasteiger partial charge on any atom is -0.506 e. The van der Waals surface area contributed by atoms with Gasteiger partial charge in [0, 0.05) is 55.3 Å². The number of H-pyrrole nitrogens is 1. The lowest BCUT2D eigenvalue weighted by Crippen LogP contribution is -2.41. The number of amides is 1. The van der Waals surface area contributed by atoms with E-state index in [0.29, 0.717) is 65.9 Å². The Hall–Kier alpha value is -6.31. The molecule has 2 aliphatic heterocycles. The molecule has 12 nitrogen and oxygen atoms in total. The fourth-order valence-corrected chi connectivity index (χ4v) is 9.18. The second-order valence-electron chi connectivity index (χ2n) is 17.0. The van der Waals surface area contributed by atoms with Gasteiger partial charge in [0.1, 0.15) is 11.5 Å². The summed E-state index contributed by atoms with van der Waals surface area (Å²) in [5.74, 6) is 0.0199. The maximum atomic E-state index is 14.0. The molecular formula is C52H56N4O8. The molecule has 0 radical (unpaired) electrons. The number of nitrogens with one attached hydrogen (secondary N) is 2. The van der Waals surface area contributed by atoms with Crippen molar-refractivity contribution in [1.29, 1.82) is 0 Å². The number of methoxy groups -OCH3 is 1. The maximum Gasteiger partial charge on any atom is 0.347 e. The summed E-state index contributed by atoms with van der Waals surface area (Å²) >= 11 is 0. The molecule has 332 valence electrons. The number of phenolic OH excluding ortho intramolecular Hbond substituents is 1. The number of esters is 1. The molecule has 0 saturated carbocycles. The van der Waals surface area contributed by atoms with Crippen LogP contribution in [0, 0.1) is 5.92 Å². The van der Waals surface area contributed by atoms with Crippen LogP contribution >= 0.6 is 0 Å². The van der Waals surface area contributed by atoms with Crippen molar-refractivity contribution < 1.29 is 34.4 Å². The Morgan fingerprint density at radius 1 is 0.828 bits per heavy atom. The molecule has 5 N–H and O–H groups in total. The molecular weight excluding hydrogens is 809 g/mol. The number of ether oxygens (including phenoxy) is 2. The summed E-state index contributed by atoms with van der Waals surface area (Å²) < 4.78 is 11.7. The molecule has 64 heavy (non-hydrogen) atoms. The molecule has 6 aromatic rings. The van der Waals surface area contributed by atoms with E-state index >= 15 is 0 Å². The number of hydrogen-bond donors (Lipinski definition) is 5. The Morgan fingerprint density at radius 3 is 2.28 bits per heavy atom. The number of phenols is 1. The van der Waals surface area contributed by atoms with E-state index in [1.54, 1.807) is 49.6 Å². The van der Waals surface area contributed by atoms with Crippen molar-refractivity contribution in [3.8, 4) is 11.5 Å². The third kappa shape index (κ3) is 9.90. The number of fused-ring (bicyclic) bond motifs is 1. The highest BCUT2D eigenvalue weighted by molar-refractivity contribution is 5.95. The molecule has 0 unspecified atom stereocenters. The molecule has 8 rings (SSSR count). The number of carbonyl (C=O) groups excluding carboxylic acids is 2. The molecule has 1 aromatic heterocycles. The molecule has 2 saturated heterocycles. The summed E-state index contributed by atoms with van der Waals surface area (Å²) in [5, 5.41) is 37.4. The van der Waals surface area contributed by atoms with E-state index < -0.39 is 17.7 Å². The minimum atomic E-state index is -1.99. The first-order valence-electron chi connectivity index (χ1n) is 22.1. The van der Waals surface area contributed by atoms with Gasteiger partial charge in [-0.2, -0.15) is 0 Å². The monoisotopic (exact) mass is 864 g/mol. The number of aliphatic hydroxyl groups is 2. The fourth-order valence-electron chi connectivity index (χ4n) is 9.18. The number of benzene rings is 5. The molecule has 5 aromatic carbocycles. The van der Waals surface area contributed by atoms with Gasteiger partial charge in [-0.15, -0.1) is 0 Å². The van der Waals surface area contributed by atoms with Crippen LogP contribution in [-0.2, 0) is 28.2 Å². The number of aliphatic hydroxyl groups excluding tert-OH is 1. The Kier molecular flexibility index (Phi) is 13.9. The maximum absolute atomic E-state index is 14.0. The molecule has 2 atom stereocenters. The van der Waals surface area contributed by atoms with Gasteiger partial charge in [-0.25, -0.2) is 4.79 Å². The summed E-state index contributed by atoms with van der Waals surface area (Å²) in [4.78, 5) is 46.6. The quantitative estimate of drug-likeness (QED) is 0.0696. The molecule has 2 fully saturated rings. The van der Waals surface area contributed by atoms with Crippen LogP contribution in [0.3, 0.4) is 0 Å². The van der Waals surface area contributed by atoms with E-state index in [1.165, 1.54) is 17.7 Å². The highest BCUT2D eigenvalue weighted by atomic mass is 16.5. The van der Waals surface area contributed by atoms with Gasteiger partial charge >= 0.3 is 5.97 Å². The molecule has 12 heteroatoms. The van der Waals surface area contributed by atoms with Crippen molar-refractivity contribution in [3.05, 3.63) is 177 Å². The van der Waals surface area contributed by atoms with E-state index in [0.717, 1.165) is 43.6 Å². The normalized spacial score (nSPS) is 16.6. The molecule has 0 aliphatic carbocycles. The standard InChI is InChI=1S/C52H56N4O8/c1-63-47-30-39(15-16-40(47)31-53-32-46(58)43-17-19-45(57)49-44(43)18-20-48(59)54-49)50(60)56-27-23-37(24-28-56)38-11-8-14-42(29-38)52(62,41-12-6-3-7-13-41)51(61)64-34-36-21-25-55(26-22-36)33-35-9-4-2-5-10-35/h2-20,29-30,36-37,46,53,57-58,62H,21-28,31-34H2,1H3,(H,54,59)/t46-,52-/m0/s1. The van der Waals surface area contributed by atoms with Gasteiger partial charge in [-0.3, -0.25) is 14.5 Å². The lowest BCUT2D eigenvalue weighted by atomic mass is 9.82. The lowest BCUT2D eigenvalue weighted by Gasteiger charge is -2.34. The second-order valence-corrected chi connectivity index (χ2v) is 17.0. The Labute approximate surface area is 373 Å². The van der Waals surface area contributed by atoms with Crippen molar-refractivity contribution in [2.24, 2.45) is 5.92 Å². The predicted molar refractivity (Wildman–Crippen MR) is 245 cm³/mol. The van der Waals surface area contributed by atoms with E-state index in [9.17, 15) is 29.7 Å². The molecule has 3 heterocycles. The second kappa shape index (κ2) is 20.0. The van der Waals surface area contributed by atoms with Gasteiger partial charge in [-0.1, -0.05) is 97.1 Å². The van der Waals surface area contributed by atoms with Crippen molar-refractivity contribution in [3.63, 3.8) is 0 Å². The third-order valence-corrected chi connectivity index (χ3v) is 12.9. The number of rotatable bonds is 15. The van der Waals surface area contributed by atoms with Crippen LogP contribution in [0.15, 0.2) is 132 Å². The van der Waals surface area contributed by atoms with E-state index in [1.807, 2.05) is 53.4 Å². The summed E-state index contributed by atoms with van der Waals surface area (Å²) in [6.07, 6.45) is 2.32. The van der Waals surface area contributed by atoms with Crippen LogP contribution in [0.2, 0.25) is 0 Å². The number of carbonyl (C=O) groups is 2. The zero-order valence-corrected chi connectivity index (χ0v) is 36.1. The number of pyridine rings is 1. The number of aromatic hydroxyl groups is 1. The first-order chi connectivity index (χ1) is 31.1. The van der Waals surface area contributed by atoms with Crippen LogP contribution < -0.4 is 15.6 Å². The zero-order valence-electron chi connectivity index (χ0n) is 36.1. The Bertz CT molecular complexity index is 2600. The van der Waals surface area contributed by atoms with E-state index in [4.69, 9.17) is 9.47 Å². The smallest absolute Gasteiger partial charge is 0.347 e. The van der Waals surface area contributed by atoms with Gasteiger partial charge in [0.15, 0.2) is 0 Å². The Morgan fingerprint density at radius 2 is 1.55 bits per heavy atom. The summed E-state index contributed by atoms with van der Waals surface area (Å²) in [6, 6.07) is 38.4. The van der Waals surface area contributed by atoms with Crippen LogP contribution in [0.1, 0.15) is 81.4 Å². The number of nitrogens with zero attached hydrogens (tertiary/aromatic N) is 2. The summed E-state index contributed by atoms with van der Waals surface area (Å²) in [5.41, 5.74) is 3.00. The van der Waals surface area contributed by atoms with Crippen LogP contribution in [0.5, 0.6) is 11.5 Å². The van der Waals surface area contributed by atoms with Gasteiger partial charge in [-0.05, 0) is 103 Å². The summed E-state index contributed by atoms with van der Waals surface area (Å²) in [6.45, 7) is 4.61. The predicted octanol–water partition coefficient (Wildman–Crippen LogP) is 6.78. The molecule has 2 aliphatic rings. The molecule has 0 spiro atoms. The van der Waals surface area contributed by atoms with E-state index in [-0.39, 0.29) is 47.7 Å². The molecule has 1 amide bonds. The SMILES string of the molecule is COc1cc(C(=O)N2CCC(c3cccc([C@](O)(C(=O)OCC4CCN(Cc5ccccc5)CC4)c4ccccc4)c3)CC2)ccc1CNC[C@H](O)c1ccc(O)c2[nH]c(=O)ccc12. The van der Waals surface area contributed by atoms with Gasteiger partial charge < -0.3 is 40.0 Å². The van der Waals surface area contributed by atoms with Crippen molar-refractivity contribution in [2.75, 3.05) is 46.4 Å². The average Bonchev–Trinajstić information content (AvgIpc) is 3.34. The van der Waals surface area contributed by atoms with E-state index in [2.05, 4.69) is 39.5 Å². The number of piperidine rings is 2. The first kappa shape index (κ1) is 44.3. The average molecular weight is 865 g/mol.